The van der Waals surface area contributed by atoms with Crippen LogP contribution in [-0.4, -0.2) is 26.3 Å². The van der Waals surface area contributed by atoms with Crippen LogP contribution in [0.1, 0.15) is 30.2 Å². The van der Waals surface area contributed by atoms with Gasteiger partial charge in [0.2, 0.25) is 0 Å². The average molecular weight is 334 g/mol. The van der Waals surface area contributed by atoms with Gasteiger partial charge in [0.1, 0.15) is 0 Å². The average Bonchev–Trinajstić information content (AvgIpc) is 2.61. The molecule has 0 unspecified atom stereocenters. The van der Waals surface area contributed by atoms with E-state index in [-0.39, 0.29) is 11.7 Å². The van der Waals surface area contributed by atoms with Crippen LogP contribution in [0.3, 0.4) is 0 Å². The fourth-order valence-corrected chi connectivity index (χ4v) is 1.74. The van der Waals surface area contributed by atoms with Gasteiger partial charge in [-0.1, -0.05) is 42.5 Å². The normalized spacial score (nSPS) is 12.5. The second kappa shape index (κ2) is 9.36. The van der Waals surface area contributed by atoms with E-state index in [1.807, 2.05) is 0 Å². The molecule has 0 fully saturated rings. The number of aliphatic hydroxyl groups excluding tert-OH is 1. The first-order valence-corrected chi connectivity index (χ1v) is 6.96. The summed E-state index contributed by atoms with van der Waals surface area (Å²) < 4.78 is 0. The van der Waals surface area contributed by atoms with Crippen LogP contribution < -0.4 is 5.48 Å². The fourth-order valence-electron chi connectivity index (χ4n) is 1.74. The van der Waals surface area contributed by atoms with E-state index in [1.165, 1.54) is 12.1 Å². The van der Waals surface area contributed by atoms with Crippen molar-refractivity contribution in [3.8, 4) is 0 Å². The zero-order chi connectivity index (χ0) is 18.1. The Morgan fingerprint density at radius 1 is 1.08 bits per heavy atom. The number of hydrogen-bond donors (Lipinski definition) is 4. The predicted molar refractivity (Wildman–Crippen MR) is 85.5 cm³/mol. The third-order valence-corrected chi connectivity index (χ3v) is 3.15. The molecular weight excluding hydrogens is 316 g/mol. The Balaban J connectivity index is 0.000000243. The number of benzene rings is 2. The molecule has 24 heavy (non-hydrogen) atoms. The Labute approximate surface area is 138 Å². The lowest BCUT2D eigenvalue weighted by Crippen LogP contribution is -2.12. The summed E-state index contributed by atoms with van der Waals surface area (Å²) in [6.07, 6.45) is -1.41. The maximum absolute atomic E-state index is 10.3. The Morgan fingerprint density at radius 2 is 1.62 bits per heavy atom. The zero-order valence-electron chi connectivity index (χ0n) is 12.9. The predicted octanol–water partition coefficient (Wildman–Crippen LogP) is 2.44. The number of aliphatic hydroxyl groups is 1. The minimum absolute atomic E-state index is 0.0499. The Kier molecular flexibility index (Phi) is 7.50. The number of nitro benzene ring substituents is 1. The summed E-state index contributed by atoms with van der Waals surface area (Å²) in [5, 5.41) is 36.3. The van der Waals surface area contributed by atoms with Crippen LogP contribution in [0.2, 0.25) is 0 Å². The van der Waals surface area contributed by atoms with Gasteiger partial charge < -0.3 is 15.4 Å². The van der Waals surface area contributed by atoms with Crippen molar-refractivity contribution in [1.82, 2.24) is 5.48 Å². The molecular formula is C16H18N2O6. The van der Waals surface area contributed by atoms with E-state index in [0.717, 1.165) is 5.56 Å². The SMILES string of the molecule is C[C@H](NO)c1ccc([N+](=O)[O-])cc1.O=C(O)[C@H](O)c1ccccc1. The van der Waals surface area contributed by atoms with Crippen molar-refractivity contribution in [2.45, 2.75) is 19.1 Å². The minimum atomic E-state index is -1.41. The molecule has 0 aliphatic carbocycles. The Hall–Kier alpha value is -2.81. The molecule has 4 N–H and O–H groups in total. The van der Waals surface area contributed by atoms with Crippen molar-refractivity contribution in [3.05, 3.63) is 75.8 Å². The number of rotatable bonds is 5. The monoisotopic (exact) mass is 334 g/mol. The number of carbonyl (C=O) groups is 1. The number of carboxylic acid groups (broad SMARTS) is 1. The van der Waals surface area contributed by atoms with Crippen molar-refractivity contribution in [2.24, 2.45) is 0 Å². The zero-order valence-corrected chi connectivity index (χ0v) is 12.9. The summed E-state index contributed by atoms with van der Waals surface area (Å²) in [6.45, 7) is 1.75. The summed E-state index contributed by atoms with van der Waals surface area (Å²) in [4.78, 5) is 20.1. The van der Waals surface area contributed by atoms with Gasteiger partial charge in [-0.05, 0) is 18.1 Å². The fraction of sp³-hybridized carbons (Fsp3) is 0.188. The largest absolute Gasteiger partial charge is 0.479 e. The first kappa shape index (κ1) is 19.2. The number of nitro groups is 1. The molecule has 8 nitrogen and oxygen atoms in total. The number of carboxylic acids is 1. The van der Waals surface area contributed by atoms with Gasteiger partial charge >= 0.3 is 5.97 Å². The molecule has 0 aliphatic heterocycles. The van der Waals surface area contributed by atoms with Crippen LogP contribution >= 0.6 is 0 Å². The second-order valence-electron chi connectivity index (χ2n) is 4.85. The highest BCUT2D eigenvalue weighted by atomic mass is 16.6. The van der Waals surface area contributed by atoms with E-state index in [9.17, 15) is 14.9 Å². The van der Waals surface area contributed by atoms with Crippen LogP contribution in [0.4, 0.5) is 5.69 Å². The highest BCUT2D eigenvalue weighted by Gasteiger charge is 2.14. The van der Waals surface area contributed by atoms with Crippen molar-refractivity contribution in [1.29, 1.82) is 0 Å². The van der Waals surface area contributed by atoms with Gasteiger partial charge in [0, 0.05) is 12.1 Å². The molecule has 2 aromatic carbocycles. The lowest BCUT2D eigenvalue weighted by molar-refractivity contribution is -0.384. The highest BCUT2D eigenvalue weighted by molar-refractivity contribution is 5.73. The van der Waals surface area contributed by atoms with Gasteiger partial charge in [0.25, 0.3) is 5.69 Å². The van der Waals surface area contributed by atoms with Gasteiger partial charge in [0.15, 0.2) is 6.10 Å². The van der Waals surface area contributed by atoms with Gasteiger partial charge in [0.05, 0.1) is 11.0 Å². The van der Waals surface area contributed by atoms with Crippen LogP contribution in [0.15, 0.2) is 54.6 Å². The number of nitrogens with zero attached hydrogens (tertiary/aromatic N) is 1. The smallest absolute Gasteiger partial charge is 0.337 e. The summed E-state index contributed by atoms with van der Waals surface area (Å²) in [5.74, 6) is -1.23. The van der Waals surface area contributed by atoms with Crippen molar-refractivity contribution in [2.75, 3.05) is 0 Å². The minimum Gasteiger partial charge on any atom is -0.479 e. The molecule has 0 aliphatic rings. The molecule has 2 rings (SSSR count). The van der Waals surface area contributed by atoms with Crippen LogP contribution in [0, 0.1) is 10.1 Å². The van der Waals surface area contributed by atoms with Gasteiger partial charge in [-0.25, -0.2) is 4.79 Å². The lowest BCUT2D eigenvalue weighted by atomic mass is 10.1. The van der Waals surface area contributed by atoms with Crippen molar-refractivity contribution in [3.63, 3.8) is 0 Å². The summed E-state index contributed by atoms with van der Waals surface area (Å²) in [7, 11) is 0. The molecule has 128 valence electrons. The second-order valence-corrected chi connectivity index (χ2v) is 4.85. The summed E-state index contributed by atoms with van der Waals surface area (Å²) in [6, 6.07) is 14.1. The summed E-state index contributed by atoms with van der Waals surface area (Å²) in [5.41, 5.74) is 3.31. The molecule has 0 radical (unpaired) electrons. The third-order valence-electron chi connectivity index (χ3n) is 3.15. The maximum Gasteiger partial charge on any atom is 0.337 e. The third kappa shape index (κ3) is 5.76. The lowest BCUT2D eigenvalue weighted by Gasteiger charge is -2.07. The Bertz CT molecular complexity index is 660. The highest BCUT2D eigenvalue weighted by Crippen LogP contribution is 2.16. The topological polar surface area (TPSA) is 133 Å². The number of aliphatic carboxylic acids is 1. The molecule has 0 bridgehead atoms. The number of nitrogens with one attached hydrogen (secondary N) is 1. The molecule has 0 spiro atoms. The molecule has 2 aromatic rings. The Morgan fingerprint density at radius 3 is 2.04 bits per heavy atom. The molecule has 0 heterocycles. The number of non-ortho nitro benzene ring substituents is 1. The molecule has 0 aromatic heterocycles. The molecule has 0 saturated carbocycles. The van der Waals surface area contributed by atoms with E-state index in [0.29, 0.717) is 5.56 Å². The van der Waals surface area contributed by atoms with E-state index in [2.05, 4.69) is 5.48 Å². The van der Waals surface area contributed by atoms with Crippen molar-refractivity contribution < 1.29 is 25.1 Å². The standard InChI is InChI=1S/C8H10N2O3.C8H8O3/c1-6(9-11)7-2-4-8(5-3-7)10(12)13;9-7(8(10)11)6-4-2-1-3-5-6/h2-6,9,11H,1H3;1-5,7,9H,(H,10,11)/t6-;7-/m01/s1. The molecule has 0 amide bonds. The van der Waals surface area contributed by atoms with Gasteiger partial charge in [-0.2, -0.15) is 5.48 Å². The van der Waals surface area contributed by atoms with E-state index in [4.69, 9.17) is 15.4 Å². The van der Waals surface area contributed by atoms with E-state index in [1.54, 1.807) is 49.4 Å². The van der Waals surface area contributed by atoms with Gasteiger partial charge in [-0.3, -0.25) is 10.1 Å². The molecule has 0 saturated heterocycles. The van der Waals surface area contributed by atoms with Crippen LogP contribution in [0.5, 0.6) is 0 Å². The van der Waals surface area contributed by atoms with Crippen molar-refractivity contribution >= 4 is 11.7 Å². The number of hydroxylamine groups is 1. The first-order valence-electron chi connectivity index (χ1n) is 6.96. The van der Waals surface area contributed by atoms with Crippen LogP contribution in [0.25, 0.3) is 0 Å². The van der Waals surface area contributed by atoms with E-state index >= 15 is 0 Å². The van der Waals surface area contributed by atoms with E-state index < -0.39 is 17.0 Å². The quantitative estimate of drug-likeness (QED) is 0.487. The summed E-state index contributed by atoms with van der Waals surface area (Å²) >= 11 is 0. The van der Waals surface area contributed by atoms with Gasteiger partial charge in [-0.15, -0.1) is 0 Å². The molecule has 2 atom stereocenters. The first-order chi connectivity index (χ1) is 11.4. The maximum atomic E-state index is 10.3. The number of hydrogen-bond acceptors (Lipinski definition) is 6. The molecule has 8 heteroatoms. The van der Waals surface area contributed by atoms with Crippen LogP contribution in [-0.2, 0) is 4.79 Å².